The minimum absolute atomic E-state index is 0.0626. The van der Waals surface area contributed by atoms with E-state index in [9.17, 15) is 5.11 Å². The predicted octanol–water partition coefficient (Wildman–Crippen LogP) is 6.48. The molecule has 3 heterocycles. The van der Waals surface area contributed by atoms with Gasteiger partial charge in [-0.2, -0.15) is 0 Å². The number of benzene rings is 3. The Labute approximate surface area is 208 Å². The number of fused-ring (bicyclic) bond motifs is 2. The van der Waals surface area contributed by atoms with Gasteiger partial charge in [-0.25, -0.2) is 9.98 Å². The average molecular weight is 484 g/mol. The number of aromatic hydroxyl groups is 1. The van der Waals surface area contributed by atoms with Crippen molar-refractivity contribution in [3.63, 3.8) is 0 Å². The Morgan fingerprint density at radius 3 is 2.60 bits per heavy atom. The quantitative estimate of drug-likeness (QED) is 0.250. The number of nitrogens with one attached hydrogen (secondary N) is 2. The van der Waals surface area contributed by atoms with E-state index in [1.165, 1.54) is 31.5 Å². The average Bonchev–Trinajstić information content (AvgIpc) is 3.56. The van der Waals surface area contributed by atoms with E-state index in [0.717, 1.165) is 45.6 Å². The van der Waals surface area contributed by atoms with E-state index in [0.29, 0.717) is 16.3 Å². The van der Waals surface area contributed by atoms with Crippen molar-refractivity contribution in [2.24, 2.45) is 4.99 Å². The van der Waals surface area contributed by atoms with Gasteiger partial charge in [-0.05, 0) is 74.8 Å². The van der Waals surface area contributed by atoms with Gasteiger partial charge in [0.1, 0.15) is 5.82 Å². The lowest BCUT2D eigenvalue weighted by atomic mass is 10.00. The maximum Gasteiger partial charge on any atom is 0.199 e. The van der Waals surface area contributed by atoms with E-state index in [1.807, 2.05) is 55.5 Å². The van der Waals surface area contributed by atoms with Gasteiger partial charge in [-0.15, -0.1) is 0 Å². The Kier molecular flexibility index (Phi) is 5.55. The molecule has 0 unspecified atom stereocenters. The van der Waals surface area contributed by atoms with Gasteiger partial charge >= 0.3 is 0 Å². The van der Waals surface area contributed by atoms with Gasteiger partial charge < -0.3 is 15.1 Å². The summed E-state index contributed by atoms with van der Waals surface area (Å²) in [6.45, 7) is 5.25. The number of aromatic nitrogens is 3. The van der Waals surface area contributed by atoms with Crippen molar-refractivity contribution in [2.75, 3.05) is 13.1 Å². The van der Waals surface area contributed by atoms with Crippen LogP contribution < -0.4 is 0 Å². The number of aliphatic imine (C=N–C) groups is 1. The third-order valence-electron chi connectivity index (χ3n) is 6.63. The number of aromatic amines is 2. The van der Waals surface area contributed by atoms with Gasteiger partial charge in [-0.3, -0.25) is 4.90 Å². The summed E-state index contributed by atoms with van der Waals surface area (Å²) in [5.74, 6) is 0.918. The number of nitrogens with zero attached hydrogens (tertiary/aromatic N) is 3. The highest BCUT2D eigenvalue weighted by Gasteiger charge is 2.20. The second-order valence-electron chi connectivity index (χ2n) is 9.20. The molecular weight excluding hydrogens is 458 g/mol. The number of likely N-dealkylation sites (tertiary alicyclic amines) is 1. The third kappa shape index (κ3) is 4.31. The molecule has 0 amide bonds. The second kappa shape index (κ2) is 8.87. The van der Waals surface area contributed by atoms with Crippen LogP contribution in [0.5, 0.6) is 5.88 Å². The summed E-state index contributed by atoms with van der Waals surface area (Å²) in [6, 6.07) is 19.9. The topological polar surface area (TPSA) is 80.3 Å². The molecule has 35 heavy (non-hydrogen) atoms. The first kappa shape index (κ1) is 21.9. The normalized spacial score (nSPS) is 15.0. The lowest BCUT2D eigenvalue weighted by molar-refractivity contribution is 0.331. The van der Waals surface area contributed by atoms with E-state index in [2.05, 4.69) is 32.0 Å². The number of hydrogen-bond acceptors (Lipinski definition) is 4. The van der Waals surface area contributed by atoms with Crippen LogP contribution in [0.3, 0.4) is 0 Å². The van der Waals surface area contributed by atoms with Gasteiger partial charge in [0.25, 0.3) is 0 Å². The maximum atomic E-state index is 11.0. The van der Waals surface area contributed by atoms with Crippen LogP contribution in [-0.4, -0.2) is 43.8 Å². The lowest BCUT2D eigenvalue weighted by Crippen LogP contribution is -2.18. The van der Waals surface area contributed by atoms with Crippen molar-refractivity contribution in [1.29, 1.82) is 0 Å². The van der Waals surface area contributed by atoms with Crippen LogP contribution in [0.1, 0.15) is 35.4 Å². The Balaban J connectivity index is 1.46. The summed E-state index contributed by atoms with van der Waals surface area (Å²) in [5, 5.41) is 12.4. The van der Waals surface area contributed by atoms with Crippen LogP contribution >= 0.6 is 11.6 Å². The second-order valence-corrected chi connectivity index (χ2v) is 9.64. The molecule has 0 bridgehead atoms. The molecule has 1 saturated heterocycles. The fourth-order valence-electron chi connectivity index (χ4n) is 4.95. The minimum Gasteiger partial charge on any atom is -0.494 e. The van der Waals surface area contributed by atoms with Crippen molar-refractivity contribution in [2.45, 2.75) is 26.3 Å². The number of H-pyrrole nitrogens is 2. The molecule has 3 N–H and O–H groups in total. The van der Waals surface area contributed by atoms with Crippen LogP contribution in [0, 0.1) is 6.92 Å². The smallest absolute Gasteiger partial charge is 0.199 e. The fourth-order valence-corrected chi connectivity index (χ4v) is 5.12. The molecule has 6 nitrogen and oxygen atoms in total. The molecule has 7 heteroatoms. The summed E-state index contributed by atoms with van der Waals surface area (Å²) in [5.41, 5.74) is 6.90. The summed E-state index contributed by atoms with van der Waals surface area (Å²) in [4.78, 5) is 18.4. The standard InChI is InChI=1S/C28H26ClN5O/c1-17-30-23-11-6-19(14-25(23)31-17)27(26-22-10-7-20(29)15-24(22)33-28(26)35)32-21-8-4-18(5-9-21)16-34-12-2-3-13-34/h4-11,14-15,33,35H,2-3,12-13,16H2,1H3,(H,30,31). The fraction of sp³-hybridized carbons (Fsp3) is 0.214. The summed E-state index contributed by atoms with van der Waals surface area (Å²) in [6.07, 6.45) is 2.57. The highest BCUT2D eigenvalue weighted by atomic mass is 35.5. The molecule has 176 valence electrons. The minimum atomic E-state index is 0.0626. The van der Waals surface area contributed by atoms with Crippen LogP contribution in [0.2, 0.25) is 5.02 Å². The number of aryl methyl sites for hydroxylation is 1. The molecule has 1 aliphatic rings. The van der Waals surface area contributed by atoms with Crippen LogP contribution in [0.4, 0.5) is 5.69 Å². The van der Waals surface area contributed by atoms with Gasteiger partial charge in [0.2, 0.25) is 0 Å². The van der Waals surface area contributed by atoms with Gasteiger partial charge in [0.05, 0.1) is 33.5 Å². The van der Waals surface area contributed by atoms with Crippen molar-refractivity contribution in [1.82, 2.24) is 19.9 Å². The Morgan fingerprint density at radius 2 is 1.80 bits per heavy atom. The molecule has 1 aliphatic heterocycles. The zero-order valence-corrected chi connectivity index (χ0v) is 20.2. The highest BCUT2D eigenvalue weighted by Crippen LogP contribution is 2.33. The van der Waals surface area contributed by atoms with E-state index in [-0.39, 0.29) is 5.88 Å². The number of rotatable bonds is 5. The van der Waals surface area contributed by atoms with Crippen LogP contribution in [0.25, 0.3) is 21.9 Å². The lowest BCUT2D eigenvalue weighted by Gasteiger charge is -2.14. The largest absolute Gasteiger partial charge is 0.494 e. The first-order chi connectivity index (χ1) is 17.0. The maximum absolute atomic E-state index is 11.0. The molecule has 2 aromatic heterocycles. The van der Waals surface area contributed by atoms with Gasteiger partial charge in [-0.1, -0.05) is 35.9 Å². The first-order valence-corrected chi connectivity index (χ1v) is 12.3. The molecule has 6 rings (SSSR count). The number of halogens is 1. The third-order valence-corrected chi connectivity index (χ3v) is 6.87. The van der Waals surface area contributed by atoms with Crippen LogP contribution in [0.15, 0.2) is 65.7 Å². The monoisotopic (exact) mass is 483 g/mol. The zero-order chi connectivity index (χ0) is 23.9. The molecule has 3 aromatic carbocycles. The molecule has 0 aliphatic carbocycles. The number of hydrogen-bond donors (Lipinski definition) is 3. The molecule has 0 radical (unpaired) electrons. The molecule has 0 saturated carbocycles. The Morgan fingerprint density at radius 1 is 1.00 bits per heavy atom. The Bertz CT molecular complexity index is 1560. The highest BCUT2D eigenvalue weighted by molar-refractivity contribution is 6.31. The molecule has 0 spiro atoms. The molecule has 5 aromatic rings. The summed E-state index contributed by atoms with van der Waals surface area (Å²) < 4.78 is 0. The van der Waals surface area contributed by atoms with Crippen LogP contribution in [-0.2, 0) is 6.54 Å². The van der Waals surface area contributed by atoms with Gasteiger partial charge in [0, 0.05) is 22.5 Å². The predicted molar refractivity (Wildman–Crippen MR) is 142 cm³/mol. The van der Waals surface area contributed by atoms with E-state index in [4.69, 9.17) is 16.6 Å². The molecular formula is C28H26ClN5O. The van der Waals surface area contributed by atoms with Crippen molar-refractivity contribution in [3.8, 4) is 5.88 Å². The van der Waals surface area contributed by atoms with E-state index < -0.39 is 0 Å². The van der Waals surface area contributed by atoms with Crippen molar-refractivity contribution >= 4 is 44.9 Å². The molecule has 1 fully saturated rings. The first-order valence-electron chi connectivity index (χ1n) is 11.9. The van der Waals surface area contributed by atoms with E-state index in [1.54, 1.807) is 0 Å². The van der Waals surface area contributed by atoms with Gasteiger partial charge in [0.15, 0.2) is 5.88 Å². The molecule has 0 atom stereocenters. The SMILES string of the molecule is Cc1nc2ccc(C(=Nc3ccc(CN4CCCC4)cc3)c3c(O)[nH]c4cc(Cl)ccc34)cc2[nH]1. The zero-order valence-electron chi connectivity index (χ0n) is 19.5. The van der Waals surface area contributed by atoms with E-state index >= 15 is 0 Å². The Hall–Kier alpha value is -3.61. The van der Waals surface area contributed by atoms with Crippen molar-refractivity contribution < 1.29 is 5.11 Å². The summed E-state index contributed by atoms with van der Waals surface area (Å²) in [7, 11) is 0. The number of imidazole rings is 1. The summed E-state index contributed by atoms with van der Waals surface area (Å²) >= 11 is 6.20. The van der Waals surface area contributed by atoms with Crippen molar-refractivity contribution in [3.05, 3.63) is 88.2 Å².